The molecule has 2 aromatic carbocycles. The van der Waals surface area contributed by atoms with Crippen molar-refractivity contribution in [1.29, 1.82) is 0 Å². The van der Waals surface area contributed by atoms with Crippen molar-refractivity contribution in [2.45, 2.75) is 11.4 Å². The summed E-state index contributed by atoms with van der Waals surface area (Å²) in [7, 11) is 1.66. The lowest BCUT2D eigenvalue weighted by atomic mass is 10.2. The van der Waals surface area contributed by atoms with Gasteiger partial charge in [-0.05, 0) is 74.0 Å². The number of nitrogens with one attached hydrogen (secondary N) is 1. The topological polar surface area (TPSA) is 21.3 Å². The number of anilines is 1. The molecule has 106 valence electrons. The smallest absolute Gasteiger partial charge is 0.147 e. The summed E-state index contributed by atoms with van der Waals surface area (Å²) >= 11 is 8.79. The molecule has 1 N–H and O–H groups in total. The monoisotopic (exact) mass is 415 g/mol. The van der Waals surface area contributed by atoms with Gasteiger partial charge in [0.25, 0.3) is 0 Å². The van der Waals surface area contributed by atoms with Crippen LogP contribution in [0.3, 0.4) is 0 Å². The maximum Gasteiger partial charge on any atom is 0.147 e. The van der Waals surface area contributed by atoms with Crippen LogP contribution in [0.1, 0.15) is 5.56 Å². The van der Waals surface area contributed by atoms with Gasteiger partial charge in [-0.15, -0.1) is 11.8 Å². The van der Waals surface area contributed by atoms with E-state index < -0.39 is 0 Å². The van der Waals surface area contributed by atoms with E-state index in [1.807, 2.05) is 0 Å². The van der Waals surface area contributed by atoms with Crippen molar-refractivity contribution in [3.8, 4) is 5.75 Å². The highest BCUT2D eigenvalue weighted by Crippen LogP contribution is 2.34. The summed E-state index contributed by atoms with van der Waals surface area (Å²) in [6.07, 6.45) is 2.08. The average molecular weight is 417 g/mol. The SMILES string of the molecule is COc1c(Br)cc(CNc2cccc(SC)c2)cc1Br. The van der Waals surface area contributed by atoms with Crippen LogP contribution in [0.4, 0.5) is 5.69 Å². The van der Waals surface area contributed by atoms with Gasteiger partial charge < -0.3 is 10.1 Å². The van der Waals surface area contributed by atoms with Gasteiger partial charge in [0.05, 0.1) is 16.1 Å². The zero-order valence-electron chi connectivity index (χ0n) is 11.2. The molecule has 0 atom stereocenters. The number of halogens is 2. The van der Waals surface area contributed by atoms with Crippen LogP contribution in [0.2, 0.25) is 0 Å². The Kier molecular flexibility index (Phi) is 5.81. The summed E-state index contributed by atoms with van der Waals surface area (Å²) in [6.45, 7) is 0.763. The molecule has 2 nitrogen and oxygen atoms in total. The highest BCUT2D eigenvalue weighted by Gasteiger charge is 2.07. The van der Waals surface area contributed by atoms with Gasteiger partial charge in [0.1, 0.15) is 5.75 Å². The highest BCUT2D eigenvalue weighted by molar-refractivity contribution is 9.11. The molecule has 0 saturated heterocycles. The van der Waals surface area contributed by atoms with E-state index in [0.717, 1.165) is 26.9 Å². The Morgan fingerprint density at radius 3 is 2.45 bits per heavy atom. The number of ether oxygens (including phenoxy) is 1. The van der Waals surface area contributed by atoms with Crippen LogP contribution in [0, 0.1) is 0 Å². The van der Waals surface area contributed by atoms with Crippen LogP contribution in [0.5, 0.6) is 5.75 Å². The highest BCUT2D eigenvalue weighted by atomic mass is 79.9. The minimum atomic E-state index is 0.763. The van der Waals surface area contributed by atoms with Crippen LogP contribution >= 0.6 is 43.6 Å². The lowest BCUT2D eigenvalue weighted by Crippen LogP contribution is -2.00. The number of hydrogen-bond donors (Lipinski definition) is 1. The molecular weight excluding hydrogens is 402 g/mol. The molecule has 20 heavy (non-hydrogen) atoms. The first-order valence-corrected chi connectivity index (χ1v) is 8.85. The van der Waals surface area contributed by atoms with Crippen molar-refractivity contribution >= 4 is 49.3 Å². The molecule has 0 aliphatic heterocycles. The standard InChI is InChI=1S/C15H15Br2NOS/c1-19-15-13(16)6-10(7-14(15)17)9-18-11-4-3-5-12(8-11)20-2/h3-8,18H,9H2,1-2H3. The molecule has 0 fully saturated rings. The average Bonchev–Trinajstić information content (AvgIpc) is 2.45. The summed E-state index contributed by atoms with van der Waals surface area (Å²) in [5.74, 6) is 0.818. The molecule has 0 spiro atoms. The fourth-order valence-electron chi connectivity index (χ4n) is 1.85. The second-order valence-electron chi connectivity index (χ2n) is 4.18. The molecule has 5 heteroatoms. The molecule has 0 aliphatic carbocycles. The summed E-state index contributed by atoms with van der Waals surface area (Å²) in [5, 5.41) is 3.43. The van der Waals surface area contributed by atoms with Crippen molar-refractivity contribution in [3.63, 3.8) is 0 Å². The summed E-state index contributed by atoms with van der Waals surface area (Å²) in [5.41, 5.74) is 2.30. The third-order valence-corrected chi connectivity index (χ3v) is 4.73. The second kappa shape index (κ2) is 7.38. The van der Waals surface area contributed by atoms with E-state index in [9.17, 15) is 0 Å². The fraction of sp³-hybridized carbons (Fsp3) is 0.200. The number of benzene rings is 2. The van der Waals surface area contributed by atoms with Gasteiger partial charge in [-0.2, -0.15) is 0 Å². The van der Waals surface area contributed by atoms with Crippen molar-refractivity contribution in [2.24, 2.45) is 0 Å². The van der Waals surface area contributed by atoms with Crippen LogP contribution < -0.4 is 10.1 Å². The first-order chi connectivity index (χ1) is 9.63. The largest absolute Gasteiger partial charge is 0.494 e. The van der Waals surface area contributed by atoms with Gasteiger partial charge in [-0.3, -0.25) is 0 Å². The van der Waals surface area contributed by atoms with E-state index in [1.54, 1.807) is 18.9 Å². The lowest BCUT2D eigenvalue weighted by molar-refractivity contribution is 0.409. The maximum atomic E-state index is 5.31. The quantitative estimate of drug-likeness (QED) is 0.645. The number of thioether (sulfide) groups is 1. The third kappa shape index (κ3) is 3.93. The van der Waals surface area contributed by atoms with Crippen molar-refractivity contribution in [1.82, 2.24) is 0 Å². The molecule has 0 amide bonds. The first kappa shape index (κ1) is 15.7. The predicted octanol–water partition coefficient (Wildman–Crippen LogP) is 5.55. The van der Waals surface area contributed by atoms with Gasteiger partial charge in [0, 0.05) is 17.1 Å². The molecule has 0 aliphatic rings. The Morgan fingerprint density at radius 1 is 1.15 bits per heavy atom. The molecule has 0 radical (unpaired) electrons. The van der Waals surface area contributed by atoms with Gasteiger partial charge in [-0.25, -0.2) is 0 Å². The van der Waals surface area contributed by atoms with Crippen molar-refractivity contribution < 1.29 is 4.74 Å². The number of rotatable bonds is 5. The normalized spacial score (nSPS) is 10.4. The summed E-state index contributed by atoms with van der Waals surface area (Å²) in [4.78, 5) is 1.26. The van der Waals surface area contributed by atoms with Crippen LogP contribution in [0.25, 0.3) is 0 Å². The van der Waals surface area contributed by atoms with E-state index in [4.69, 9.17) is 4.74 Å². The van der Waals surface area contributed by atoms with Gasteiger partial charge in [0.2, 0.25) is 0 Å². The molecule has 2 aromatic rings. The second-order valence-corrected chi connectivity index (χ2v) is 6.77. The molecule has 0 heterocycles. The van der Waals surface area contributed by atoms with E-state index in [2.05, 4.69) is 79.8 Å². The zero-order chi connectivity index (χ0) is 14.5. The molecule has 0 bridgehead atoms. The van der Waals surface area contributed by atoms with E-state index in [0.29, 0.717) is 0 Å². The Bertz CT molecular complexity index is 581. The van der Waals surface area contributed by atoms with Crippen molar-refractivity contribution in [3.05, 3.63) is 50.9 Å². The molecule has 2 rings (SSSR count). The minimum absolute atomic E-state index is 0.763. The van der Waals surface area contributed by atoms with Crippen LogP contribution in [-0.4, -0.2) is 13.4 Å². The third-order valence-electron chi connectivity index (χ3n) is 2.83. The Labute approximate surface area is 140 Å². The van der Waals surface area contributed by atoms with Crippen LogP contribution in [-0.2, 0) is 6.54 Å². The van der Waals surface area contributed by atoms with Gasteiger partial charge in [-0.1, -0.05) is 6.07 Å². The molecule has 0 aromatic heterocycles. The fourth-order valence-corrected chi connectivity index (χ4v) is 3.91. The van der Waals surface area contributed by atoms with E-state index >= 15 is 0 Å². The zero-order valence-corrected chi connectivity index (χ0v) is 15.2. The Morgan fingerprint density at radius 2 is 1.85 bits per heavy atom. The minimum Gasteiger partial charge on any atom is -0.494 e. The Hall–Kier alpha value is -0.650. The Balaban J connectivity index is 2.10. The predicted molar refractivity (Wildman–Crippen MR) is 93.9 cm³/mol. The maximum absolute atomic E-state index is 5.31. The molecular formula is C15H15Br2NOS. The van der Waals surface area contributed by atoms with Gasteiger partial charge >= 0.3 is 0 Å². The number of methoxy groups -OCH3 is 1. The molecule has 0 unspecified atom stereocenters. The van der Waals surface area contributed by atoms with E-state index in [1.165, 1.54) is 10.5 Å². The van der Waals surface area contributed by atoms with Crippen LogP contribution in [0.15, 0.2) is 50.2 Å². The van der Waals surface area contributed by atoms with Crippen molar-refractivity contribution in [2.75, 3.05) is 18.7 Å². The van der Waals surface area contributed by atoms with Gasteiger partial charge in [0.15, 0.2) is 0 Å². The summed E-state index contributed by atoms with van der Waals surface area (Å²) < 4.78 is 7.20. The number of hydrogen-bond acceptors (Lipinski definition) is 3. The summed E-state index contributed by atoms with van der Waals surface area (Å²) in [6, 6.07) is 12.5. The molecule has 0 saturated carbocycles. The lowest BCUT2D eigenvalue weighted by Gasteiger charge is -2.11. The first-order valence-electron chi connectivity index (χ1n) is 6.04. The van der Waals surface area contributed by atoms with E-state index in [-0.39, 0.29) is 0 Å².